The minimum atomic E-state index is -0.869. The smallest absolute Gasteiger partial charge is 0.350 e. The van der Waals surface area contributed by atoms with Crippen LogP contribution in [0.2, 0.25) is 0 Å². The van der Waals surface area contributed by atoms with E-state index in [2.05, 4.69) is 59.0 Å². The van der Waals surface area contributed by atoms with Gasteiger partial charge in [-0.25, -0.2) is 14.4 Å². The summed E-state index contributed by atoms with van der Waals surface area (Å²) in [6, 6.07) is 11.8. The summed E-state index contributed by atoms with van der Waals surface area (Å²) in [5.74, 6) is -3.22. The Hall–Kier alpha value is -6.73. The SMILES string of the molecule is C=C=C=C=C=C=C(OC(=O)C1CO1)c1ccc(C(=O)Oc2ccc(OC(=C=C=C=C)OC(=O)C3CO3)c(C#N)c2C#N)cc1. The van der Waals surface area contributed by atoms with E-state index in [1.54, 1.807) is 0 Å². The molecule has 2 atom stereocenters. The van der Waals surface area contributed by atoms with Gasteiger partial charge in [-0.15, -0.1) is 0 Å². The van der Waals surface area contributed by atoms with Gasteiger partial charge >= 0.3 is 23.9 Å². The number of esters is 3. The molecule has 0 N–H and O–H groups in total. The molecule has 2 heterocycles. The number of ether oxygens (including phenoxy) is 6. The Morgan fingerprint density at radius 1 is 0.705 bits per heavy atom. The zero-order valence-corrected chi connectivity index (χ0v) is 22.5. The van der Waals surface area contributed by atoms with E-state index in [4.69, 9.17) is 28.4 Å². The number of rotatable bonds is 9. The first-order chi connectivity index (χ1) is 21.4. The van der Waals surface area contributed by atoms with Crippen LogP contribution in [0.25, 0.3) is 5.76 Å². The summed E-state index contributed by atoms with van der Waals surface area (Å²) in [6.45, 7) is 7.09. The number of nitriles is 2. The van der Waals surface area contributed by atoms with Crippen molar-refractivity contribution in [3.8, 4) is 23.6 Å². The third-order valence-corrected chi connectivity index (χ3v) is 5.37. The molecule has 44 heavy (non-hydrogen) atoms. The van der Waals surface area contributed by atoms with Crippen molar-refractivity contribution < 1.29 is 42.8 Å². The highest BCUT2D eigenvalue weighted by Crippen LogP contribution is 2.32. The molecule has 0 saturated carbocycles. The number of hydrogen-bond donors (Lipinski definition) is 0. The highest BCUT2D eigenvalue weighted by Gasteiger charge is 2.35. The van der Waals surface area contributed by atoms with E-state index in [1.165, 1.54) is 36.4 Å². The molecule has 2 unspecified atom stereocenters. The standard InChI is InChI=1S/C33H16N2O9/c1-3-5-7-8-9-25(42-32(37)28-19-39-28)21-11-13-22(14-12-21)31(36)43-27-16-15-26(23(17-34)24(27)18-35)41-30(10-6-4-2)44-33(38)29-20-40-29/h11-16,28-29H,1-2,19-20H2. The Morgan fingerprint density at radius 3 is 1.80 bits per heavy atom. The number of nitrogens with zero attached hydrogens (tertiary/aromatic N) is 2. The van der Waals surface area contributed by atoms with Crippen LogP contribution in [0.15, 0.2) is 101 Å². The van der Waals surface area contributed by atoms with Crippen molar-refractivity contribution >= 4 is 23.7 Å². The average Bonchev–Trinajstić information content (AvgIpc) is 3.95. The zero-order valence-electron chi connectivity index (χ0n) is 22.5. The highest BCUT2D eigenvalue weighted by molar-refractivity contribution is 5.92. The largest absolute Gasteiger partial charge is 0.421 e. The lowest BCUT2D eigenvalue weighted by molar-refractivity contribution is -0.144. The Labute approximate surface area is 249 Å². The van der Waals surface area contributed by atoms with Gasteiger partial charge in [0.25, 0.3) is 0 Å². The fourth-order valence-corrected chi connectivity index (χ4v) is 3.15. The van der Waals surface area contributed by atoms with Crippen molar-refractivity contribution in [2.75, 3.05) is 13.2 Å². The van der Waals surface area contributed by atoms with Crippen LogP contribution in [0.3, 0.4) is 0 Å². The molecule has 11 nitrogen and oxygen atoms in total. The fourth-order valence-electron chi connectivity index (χ4n) is 3.15. The second-order valence-electron chi connectivity index (χ2n) is 8.31. The van der Waals surface area contributed by atoms with Gasteiger partial charge in [-0.05, 0) is 78.2 Å². The minimum absolute atomic E-state index is 0.0213. The molecule has 0 aliphatic carbocycles. The Balaban J connectivity index is 1.58. The van der Waals surface area contributed by atoms with Crippen LogP contribution in [0.4, 0.5) is 0 Å². The number of carbonyl (C=O) groups is 3. The van der Waals surface area contributed by atoms with Gasteiger partial charge in [0.05, 0.1) is 18.8 Å². The number of epoxide rings is 2. The molecule has 2 aliphatic rings. The molecule has 0 spiro atoms. The topological polar surface area (TPSA) is 161 Å². The number of hydrogen-bond acceptors (Lipinski definition) is 11. The Kier molecular flexibility index (Phi) is 9.79. The van der Waals surface area contributed by atoms with Gasteiger partial charge in [0, 0.05) is 11.3 Å². The lowest BCUT2D eigenvalue weighted by Gasteiger charge is -2.12. The van der Waals surface area contributed by atoms with Crippen molar-refractivity contribution in [3.05, 3.63) is 124 Å². The fraction of sp³-hybridized carbons (Fsp3) is 0.121. The van der Waals surface area contributed by atoms with Crippen molar-refractivity contribution in [1.82, 2.24) is 0 Å². The molecule has 11 heteroatoms. The molecule has 4 rings (SSSR count). The lowest BCUT2D eigenvalue weighted by Crippen LogP contribution is -2.14. The van der Waals surface area contributed by atoms with Gasteiger partial charge in [0.1, 0.15) is 23.3 Å². The molecule has 0 amide bonds. The molecular weight excluding hydrogens is 568 g/mol. The third-order valence-electron chi connectivity index (χ3n) is 5.37. The van der Waals surface area contributed by atoms with E-state index in [0.717, 1.165) is 0 Å². The third kappa shape index (κ3) is 7.93. The molecule has 0 radical (unpaired) electrons. The van der Waals surface area contributed by atoms with Crippen LogP contribution < -0.4 is 9.47 Å². The number of carbonyl (C=O) groups excluding carboxylic acids is 3. The maximum Gasteiger partial charge on any atom is 0.350 e. The second-order valence-corrected chi connectivity index (χ2v) is 8.31. The van der Waals surface area contributed by atoms with Gasteiger partial charge in [0.2, 0.25) is 0 Å². The van der Waals surface area contributed by atoms with Crippen LogP contribution in [0, 0.1) is 22.7 Å². The van der Waals surface area contributed by atoms with Gasteiger partial charge in [-0.2, -0.15) is 10.5 Å². The average molecular weight is 584 g/mol. The summed E-state index contributed by atoms with van der Waals surface area (Å²) in [5, 5.41) is 19.5. The monoisotopic (exact) mass is 584 g/mol. The Morgan fingerprint density at radius 2 is 1.25 bits per heavy atom. The minimum Gasteiger partial charge on any atom is -0.421 e. The predicted molar refractivity (Wildman–Crippen MR) is 146 cm³/mol. The predicted octanol–water partition coefficient (Wildman–Crippen LogP) is 3.59. The first-order valence-corrected chi connectivity index (χ1v) is 12.3. The first kappa shape index (κ1) is 30.2. The molecule has 2 aromatic rings. The molecule has 2 aromatic carbocycles. The van der Waals surface area contributed by atoms with E-state index in [0.29, 0.717) is 5.56 Å². The van der Waals surface area contributed by atoms with Crippen molar-refractivity contribution in [2.24, 2.45) is 0 Å². The quantitative estimate of drug-likeness (QED) is 0.139. The van der Waals surface area contributed by atoms with E-state index < -0.39 is 36.1 Å². The van der Waals surface area contributed by atoms with E-state index in [9.17, 15) is 24.9 Å². The number of benzene rings is 2. The molecular formula is C33H16N2O9. The van der Waals surface area contributed by atoms with Crippen molar-refractivity contribution in [3.63, 3.8) is 0 Å². The molecule has 2 fully saturated rings. The van der Waals surface area contributed by atoms with E-state index in [1.807, 2.05) is 12.1 Å². The van der Waals surface area contributed by atoms with Crippen molar-refractivity contribution in [2.45, 2.75) is 12.2 Å². The lowest BCUT2D eigenvalue weighted by atomic mass is 10.1. The normalized spacial score (nSPS) is 14.6. The molecule has 2 saturated heterocycles. The molecule has 2 aliphatic heterocycles. The van der Waals surface area contributed by atoms with Crippen molar-refractivity contribution in [1.29, 1.82) is 10.5 Å². The summed E-state index contributed by atoms with van der Waals surface area (Å²) in [5.41, 5.74) is 19.2. The summed E-state index contributed by atoms with van der Waals surface area (Å²) in [6.07, 6.45) is -1.43. The molecule has 0 bridgehead atoms. The van der Waals surface area contributed by atoms with Crippen LogP contribution in [-0.4, -0.2) is 43.3 Å². The van der Waals surface area contributed by atoms with Gasteiger partial charge in [0.15, 0.2) is 29.5 Å². The maximum atomic E-state index is 12.9. The molecule has 212 valence electrons. The van der Waals surface area contributed by atoms with Gasteiger partial charge < -0.3 is 28.4 Å². The summed E-state index contributed by atoms with van der Waals surface area (Å²) in [7, 11) is 0. The van der Waals surface area contributed by atoms with Crippen LogP contribution >= 0.6 is 0 Å². The highest BCUT2D eigenvalue weighted by atomic mass is 16.7. The van der Waals surface area contributed by atoms with Crippen LogP contribution in [0.5, 0.6) is 11.5 Å². The summed E-state index contributed by atoms with van der Waals surface area (Å²) >= 11 is 0. The zero-order chi connectivity index (χ0) is 31.5. The van der Waals surface area contributed by atoms with Crippen LogP contribution in [0.1, 0.15) is 27.0 Å². The van der Waals surface area contributed by atoms with E-state index >= 15 is 0 Å². The second kappa shape index (κ2) is 14.2. The van der Waals surface area contributed by atoms with E-state index in [-0.39, 0.29) is 47.2 Å². The Bertz CT molecular complexity index is 1970. The maximum absolute atomic E-state index is 12.9. The van der Waals surface area contributed by atoms with Gasteiger partial charge in [-0.3, -0.25) is 0 Å². The van der Waals surface area contributed by atoms with Crippen LogP contribution in [-0.2, 0) is 28.5 Å². The van der Waals surface area contributed by atoms with Gasteiger partial charge in [-0.1, -0.05) is 11.5 Å². The molecule has 0 aromatic heterocycles. The first-order valence-electron chi connectivity index (χ1n) is 12.3. The summed E-state index contributed by atoms with van der Waals surface area (Å²) < 4.78 is 31.1. The summed E-state index contributed by atoms with van der Waals surface area (Å²) in [4.78, 5) is 37.0.